The molecule has 3 N–H and O–H groups in total. The van der Waals surface area contributed by atoms with Gasteiger partial charge in [0.05, 0.1) is 27.7 Å². The normalized spacial score (nSPS) is 16.8. The predicted molar refractivity (Wildman–Crippen MR) is 163 cm³/mol. The molecule has 0 bridgehead atoms. The Labute approximate surface area is 260 Å². The lowest BCUT2D eigenvalue weighted by molar-refractivity contribution is -0.865. The quantitative estimate of drug-likeness (QED) is 0.295. The highest BCUT2D eigenvalue weighted by Crippen LogP contribution is 2.30. The molecule has 0 radical (unpaired) electrons. The number of anilines is 2. The molecule has 226 valence electrons. The highest BCUT2D eigenvalue weighted by atomic mass is 35.5. The Bertz CT molecular complexity index is 1630. The van der Waals surface area contributed by atoms with Gasteiger partial charge in [-0.05, 0) is 57.9 Å². The van der Waals surface area contributed by atoms with Crippen LogP contribution >= 0.6 is 23.2 Å². The molecule has 0 atom stereocenters. The maximum Gasteiger partial charge on any atom is 0.475 e. The first kappa shape index (κ1) is 30.5. The SMILES string of the molecule is CC(=O)N1C(=O)N(c2cccc(Cl)c2)NC1(C)C.Cc1[nH]cnc1C1CCN(c2n[n+](C)[nH][n+]2-c2cccc(Cl)c2)CC1. The first-order chi connectivity index (χ1) is 20.4. The molecule has 4 aromatic rings. The van der Waals surface area contributed by atoms with E-state index in [-0.39, 0.29) is 5.91 Å². The Morgan fingerprint density at radius 1 is 1.07 bits per heavy atom. The van der Waals surface area contributed by atoms with E-state index in [9.17, 15) is 9.59 Å². The van der Waals surface area contributed by atoms with Crippen LogP contribution in [0.4, 0.5) is 16.4 Å². The Morgan fingerprint density at radius 2 is 1.74 bits per heavy atom. The van der Waals surface area contributed by atoms with E-state index >= 15 is 0 Å². The van der Waals surface area contributed by atoms with Gasteiger partial charge in [-0.1, -0.05) is 35.3 Å². The fourth-order valence-electron chi connectivity index (χ4n) is 5.55. The van der Waals surface area contributed by atoms with E-state index in [1.165, 1.54) is 28.2 Å². The van der Waals surface area contributed by atoms with Crippen molar-refractivity contribution in [1.29, 1.82) is 0 Å². The number of carbonyl (C=O) groups excluding carboxylic acids is 2. The standard InChI is InChI=1S/C17H21ClN7.C12H14ClN3O2/c1-12-16(20-11-19-12)13-6-8-24(9-7-13)17-21-23(2)22-25(17)15-5-3-4-14(18)10-15;1-8(17)15-11(18)16(14-12(15,2)3)10-6-4-5-9(13)7-10/h3-5,10-11,13H,6-9H2,1-2H3,(H,19,20);4-7,14H,1-3H3/q+1;/p+1. The van der Waals surface area contributed by atoms with Crippen molar-refractivity contribution in [2.24, 2.45) is 7.05 Å². The van der Waals surface area contributed by atoms with E-state index in [2.05, 4.69) is 37.5 Å². The number of amides is 3. The number of hydrogen-bond donors (Lipinski definition) is 3. The van der Waals surface area contributed by atoms with E-state index in [1.807, 2.05) is 36.0 Å². The van der Waals surface area contributed by atoms with E-state index < -0.39 is 11.7 Å². The number of carbonyl (C=O) groups is 2. The van der Waals surface area contributed by atoms with E-state index in [0.29, 0.717) is 21.7 Å². The van der Waals surface area contributed by atoms with Crippen LogP contribution in [0.15, 0.2) is 54.9 Å². The zero-order valence-corrected chi connectivity index (χ0v) is 26.3. The summed E-state index contributed by atoms with van der Waals surface area (Å²) in [5.41, 5.74) is 6.18. The van der Waals surface area contributed by atoms with Crippen LogP contribution < -0.4 is 24.8 Å². The molecule has 2 aliphatic rings. The topological polar surface area (TPSA) is 121 Å². The van der Waals surface area contributed by atoms with Gasteiger partial charge in [0.15, 0.2) is 7.05 Å². The van der Waals surface area contributed by atoms with Gasteiger partial charge in [-0.3, -0.25) is 9.69 Å². The number of urea groups is 1. The van der Waals surface area contributed by atoms with Crippen LogP contribution in [0.2, 0.25) is 10.0 Å². The fraction of sp³-hybridized carbons (Fsp3) is 0.379. The first-order valence-electron chi connectivity index (χ1n) is 14.0. The summed E-state index contributed by atoms with van der Waals surface area (Å²) >= 11 is 12.0. The maximum absolute atomic E-state index is 12.2. The largest absolute Gasteiger partial charge is 0.475 e. The lowest BCUT2D eigenvalue weighted by atomic mass is 9.93. The third-order valence-electron chi connectivity index (χ3n) is 7.49. The van der Waals surface area contributed by atoms with Gasteiger partial charge in [-0.25, -0.2) is 25.1 Å². The van der Waals surface area contributed by atoms with Gasteiger partial charge < -0.3 is 4.98 Å². The van der Waals surface area contributed by atoms with Crippen LogP contribution in [0, 0.1) is 6.92 Å². The van der Waals surface area contributed by atoms with E-state index in [1.54, 1.807) is 49.2 Å². The molecule has 0 spiro atoms. The molecule has 0 aliphatic carbocycles. The molecule has 2 aliphatic heterocycles. The molecule has 0 saturated carbocycles. The van der Waals surface area contributed by atoms with E-state index in [0.717, 1.165) is 37.6 Å². The number of piperidine rings is 1. The van der Waals surface area contributed by atoms with Gasteiger partial charge in [-0.15, -0.1) is 0 Å². The number of imide groups is 1. The second-order valence-electron chi connectivity index (χ2n) is 11.1. The van der Waals surface area contributed by atoms with Crippen molar-refractivity contribution in [3.63, 3.8) is 0 Å². The summed E-state index contributed by atoms with van der Waals surface area (Å²) in [6, 6.07) is 14.2. The van der Waals surface area contributed by atoms with Crippen molar-refractivity contribution in [1.82, 2.24) is 30.6 Å². The number of rotatable bonds is 4. The lowest BCUT2D eigenvalue weighted by Crippen LogP contribution is -2.49. The van der Waals surface area contributed by atoms with Crippen molar-refractivity contribution in [2.45, 2.75) is 52.1 Å². The van der Waals surface area contributed by atoms with Crippen molar-refractivity contribution < 1.29 is 19.1 Å². The summed E-state index contributed by atoms with van der Waals surface area (Å²) in [5.74, 6) is 1.11. The van der Waals surface area contributed by atoms with Crippen LogP contribution in [0.3, 0.4) is 0 Å². The Morgan fingerprint density at radius 3 is 2.33 bits per heavy atom. The second-order valence-corrected chi connectivity index (χ2v) is 12.0. The summed E-state index contributed by atoms with van der Waals surface area (Å²) in [5, 5.41) is 10.4. The number of aromatic nitrogens is 6. The number of H-pyrrole nitrogens is 2. The zero-order chi connectivity index (χ0) is 30.9. The number of imidazole rings is 1. The van der Waals surface area contributed by atoms with Crippen molar-refractivity contribution >= 4 is 46.8 Å². The number of aryl methyl sites for hydroxylation is 2. The summed E-state index contributed by atoms with van der Waals surface area (Å²) in [4.78, 5) is 36.6. The van der Waals surface area contributed by atoms with Crippen molar-refractivity contribution in [3.05, 3.63) is 76.3 Å². The fourth-order valence-corrected chi connectivity index (χ4v) is 5.92. The van der Waals surface area contributed by atoms with Crippen LogP contribution in [0.1, 0.15) is 50.9 Å². The number of nitrogens with one attached hydrogen (secondary N) is 3. The van der Waals surface area contributed by atoms with Crippen LogP contribution in [-0.2, 0) is 11.8 Å². The van der Waals surface area contributed by atoms with Gasteiger partial charge in [0.2, 0.25) is 11.6 Å². The van der Waals surface area contributed by atoms with Gasteiger partial charge >= 0.3 is 12.0 Å². The number of benzene rings is 2. The number of tetrazole rings is 1. The summed E-state index contributed by atoms with van der Waals surface area (Å²) in [6.45, 7) is 8.87. The summed E-state index contributed by atoms with van der Waals surface area (Å²) in [6.07, 6.45) is 3.92. The molecule has 12 nitrogen and oxygen atoms in total. The molecule has 3 amide bonds. The van der Waals surface area contributed by atoms with Gasteiger partial charge in [0, 0.05) is 58.5 Å². The van der Waals surface area contributed by atoms with Crippen molar-refractivity contribution in [2.75, 3.05) is 23.0 Å². The Hall–Kier alpha value is -4.00. The molecular weight excluding hydrogens is 591 g/mol. The molecule has 6 rings (SSSR count). The second kappa shape index (κ2) is 12.3. The van der Waals surface area contributed by atoms with Gasteiger partial charge in [-0.2, -0.15) is 0 Å². The highest BCUT2D eigenvalue weighted by molar-refractivity contribution is 6.31. The Balaban J connectivity index is 0.000000181. The average Bonchev–Trinajstić information content (AvgIpc) is 3.63. The minimum Gasteiger partial charge on any atom is -0.348 e. The molecule has 0 unspecified atom stereocenters. The molecule has 14 heteroatoms. The average molecular weight is 628 g/mol. The number of nitrogens with zero attached hydrogens (tertiary/aromatic N) is 7. The molecule has 2 saturated heterocycles. The van der Waals surface area contributed by atoms with Gasteiger partial charge in [0.1, 0.15) is 10.8 Å². The first-order valence-corrected chi connectivity index (χ1v) is 14.8. The van der Waals surface area contributed by atoms with Crippen LogP contribution in [0.5, 0.6) is 0 Å². The molecule has 43 heavy (non-hydrogen) atoms. The molecule has 2 aromatic heterocycles. The Kier molecular flexibility index (Phi) is 8.72. The number of hydrazine groups is 1. The number of aromatic amines is 2. The monoisotopic (exact) mass is 626 g/mol. The molecule has 4 heterocycles. The maximum atomic E-state index is 12.2. The third kappa shape index (κ3) is 6.51. The molecular formula is C29H36Cl2N10O2+2. The minimum absolute atomic E-state index is 0.304. The molecule has 2 fully saturated rings. The minimum atomic E-state index is -0.759. The third-order valence-corrected chi connectivity index (χ3v) is 7.96. The number of hydrogen-bond acceptors (Lipinski definition) is 6. The molecule has 2 aromatic carbocycles. The smallest absolute Gasteiger partial charge is 0.348 e. The van der Waals surface area contributed by atoms with Crippen LogP contribution in [-0.4, -0.2) is 55.9 Å². The number of halogens is 2. The zero-order valence-electron chi connectivity index (χ0n) is 24.8. The predicted octanol–water partition coefficient (Wildman–Crippen LogP) is 3.95. The highest BCUT2D eigenvalue weighted by Gasteiger charge is 2.46. The summed E-state index contributed by atoms with van der Waals surface area (Å²) < 4.78 is 1.98. The van der Waals surface area contributed by atoms with Gasteiger partial charge in [0.25, 0.3) is 0 Å². The summed E-state index contributed by atoms with van der Waals surface area (Å²) in [7, 11) is 1.89. The van der Waals surface area contributed by atoms with Crippen molar-refractivity contribution in [3.8, 4) is 5.69 Å². The van der Waals surface area contributed by atoms with E-state index in [4.69, 9.17) is 23.2 Å². The van der Waals surface area contributed by atoms with Crippen LogP contribution in [0.25, 0.3) is 5.69 Å². The lowest BCUT2D eigenvalue weighted by Gasteiger charge is -2.28.